The van der Waals surface area contributed by atoms with Crippen molar-refractivity contribution >= 4 is 0 Å². The number of fused-ring (bicyclic) bond motifs is 1. The second kappa shape index (κ2) is 4.21. The number of nitrogens with two attached hydrogens (primary N) is 1. The van der Waals surface area contributed by atoms with Gasteiger partial charge in [-0.15, -0.1) is 0 Å². The van der Waals surface area contributed by atoms with Crippen molar-refractivity contribution in [3.05, 3.63) is 64.8 Å². The lowest BCUT2D eigenvalue weighted by Crippen LogP contribution is -2.20. The number of H-pyrrole nitrogens is 1. The lowest BCUT2D eigenvalue weighted by atomic mass is 9.87. The van der Waals surface area contributed by atoms with E-state index < -0.39 is 0 Å². The van der Waals surface area contributed by atoms with E-state index in [0.29, 0.717) is 11.3 Å². The number of aromatic nitrogens is 1. The van der Waals surface area contributed by atoms with E-state index in [9.17, 15) is 5.26 Å². The summed E-state index contributed by atoms with van der Waals surface area (Å²) in [5.41, 5.74) is 9.36. The summed E-state index contributed by atoms with van der Waals surface area (Å²) >= 11 is 0. The Balaban J connectivity index is 2.18. The topological polar surface area (TPSA) is 74.8 Å². The lowest BCUT2D eigenvalue weighted by Gasteiger charge is -2.23. The van der Waals surface area contributed by atoms with E-state index in [-0.39, 0.29) is 11.8 Å². The molecule has 94 valence electrons. The maximum absolute atomic E-state index is 9.33. The smallest absolute Gasteiger partial charge is 0.205 e. The molecule has 4 nitrogen and oxygen atoms in total. The number of benzene rings is 1. The molecule has 3 N–H and O–H groups in total. The van der Waals surface area contributed by atoms with E-state index in [0.717, 1.165) is 11.3 Å². The third-order valence-electron chi connectivity index (χ3n) is 3.33. The van der Waals surface area contributed by atoms with Crippen molar-refractivity contribution in [3.63, 3.8) is 0 Å². The van der Waals surface area contributed by atoms with Crippen LogP contribution in [0, 0.1) is 18.3 Å². The molecule has 1 atom stereocenters. The highest BCUT2D eigenvalue weighted by Gasteiger charge is 2.31. The van der Waals surface area contributed by atoms with Gasteiger partial charge in [0.25, 0.3) is 0 Å². The third kappa shape index (κ3) is 1.76. The van der Waals surface area contributed by atoms with Crippen molar-refractivity contribution in [3.8, 4) is 11.8 Å². The number of nitriles is 1. The van der Waals surface area contributed by atoms with Crippen LogP contribution in [0.4, 0.5) is 0 Å². The molecular formula is C15H13N3O. The summed E-state index contributed by atoms with van der Waals surface area (Å²) < 4.78 is 5.45. The van der Waals surface area contributed by atoms with Crippen molar-refractivity contribution in [2.45, 2.75) is 12.8 Å². The molecule has 1 aromatic heterocycles. The Morgan fingerprint density at radius 2 is 2.00 bits per heavy atom. The van der Waals surface area contributed by atoms with Gasteiger partial charge in [0.2, 0.25) is 5.88 Å². The number of allylic oxidation sites excluding steroid dienone is 1. The average Bonchev–Trinajstić information content (AvgIpc) is 2.86. The summed E-state index contributed by atoms with van der Waals surface area (Å²) in [6.07, 6.45) is 1.79. The molecule has 19 heavy (non-hydrogen) atoms. The summed E-state index contributed by atoms with van der Waals surface area (Å²) in [6.45, 7) is 2.03. The fourth-order valence-electron chi connectivity index (χ4n) is 2.35. The molecule has 0 spiro atoms. The molecule has 2 aromatic rings. The maximum Gasteiger partial charge on any atom is 0.205 e. The molecular weight excluding hydrogens is 238 g/mol. The van der Waals surface area contributed by atoms with Gasteiger partial charge in [0.1, 0.15) is 11.6 Å². The second-order valence-electron chi connectivity index (χ2n) is 4.59. The van der Waals surface area contributed by atoms with Crippen LogP contribution in [0.1, 0.15) is 22.7 Å². The molecule has 3 rings (SSSR count). The largest absolute Gasteiger partial charge is 0.439 e. The molecule has 2 heterocycles. The van der Waals surface area contributed by atoms with Gasteiger partial charge >= 0.3 is 0 Å². The first-order valence-corrected chi connectivity index (χ1v) is 6.02. The van der Waals surface area contributed by atoms with Crippen LogP contribution < -0.4 is 10.5 Å². The molecule has 1 aliphatic rings. The zero-order valence-corrected chi connectivity index (χ0v) is 10.5. The Hall–Kier alpha value is -2.67. The van der Waals surface area contributed by atoms with Crippen molar-refractivity contribution in [2.75, 3.05) is 0 Å². The fourth-order valence-corrected chi connectivity index (χ4v) is 2.35. The molecule has 0 saturated heterocycles. The van der Waals surface area contributed by atoms with Crippen LogP contribution in [0.25, 0.3) is 0 Å². The Morgan fingerprint density at radius 3 is 2.68 bits per heavy atom. The third-order valence-corrected chi connectivity index (χ3v) is 3.33. The first-order valence-electron chi connectivity index (χ1n) is 6.02. The van der Waals surface area contributed by atoms with Gasteiger partial charge in [-0.3, -0.25) is 0 Å². The van der Waals surface area contributed by atoms with Crippen LogP contribution in [0.5, 0.6) is 5.75 Å². The average molecular weight is 251 g/mol. The van der Waals surface area contributed by atoms with E-state index >= 15 is 0 Å². The Kier molecular flexibility index (Phi) is 2.53. The molecule has 0 aliphatic carbocycles. The zero-order chi connectivity index (χ0) is 13.4. The Labute approximate surface area is 111 Å². The van der Waals surface area contributed by atoms with Crippen molar-refractivity contribution in [1.82, 2.24) is 4.98 Å². The molecule has 0 amide bonds. The predicted molar refractivity (Wildman–Crippen MR) is 71.3 cm³/mol. The standard InChI is InChI=1S/C15H13N3O/c1-9-2-4-10(5-3-9)13-11(8-16)15(17)19-12-6-7-18-14(12)13/h2-7,13,18H,17H2,1H3. The van der Waals surface area contributed by atoms with E-state index in [2.05, 4.69) is 11.1 Å². The summed E-state index contributed by atoms with van der Waals surface area (Å²) in [7, 11) is 0. The molecule has 1 aliphatic heterocycles. The summed E-state index contributed by atoms with van der Waals surface area (Å²) in [5, 5.41) is 9.33. The Morgan fingerprint density at radius 1 is 1.26 bits per heavy atom. The van der Waals surface area contributed by atoms with E-state index in [1.807, 2.05) is 37.3 Å². The van der Waals surface area contributed by atoms with Crippen LogP contribution >= 0.6 is 0 Å². The van der Waals surface area contributed by atoms with Gasteiger partial charge in [-0.2, -0.15) is 5.26 Å². The van der Waals surface area contributed by atoms with Crippen LogP contribution in [0.15, 0.2) is 48.0 Å². The monoisotopic (exact) mass is 251 g/mol. The van der Waals surface area contributed by atoms with Crippen LogP contribution in [-0.4, -0.2) is 4.98 Å². The van der Waals surface area contributed by atoms with Crippen molar-refractivity contribution in [1.29, 1.82) is 5.26 Å². The first kappa shape index (κ1) is 11.4. The van der Waals surface area contributed by atoms with Gasteiger partial charge in [-0.05, 0) is 18.6 Å². The van der Waals surface area contributed by atoms with Gasteiger partial charge in [0.15, 0.2) is 5.75 Å². The number of nitrogens with zero attached hydrogens (tertiary/aromatic N) is 1. The lowest BCUT2D eigenvalue weighted by molar-refractivity contribution is 0.393. The highest BCUT2D eigenvalue weighted by Crippen LogP contribution is 2.40. The summed E-state index contributed by atoms with van der Waals surface area (Å²) in [4.78, 5) is 3.14. The SMILES string of the molecule is Cc1ccc(C2C(C#N)=C(N)Oc3cc[nH]c32)cc1. The maximum atomic E-state index is 9.33. The molecule has 0 saturated carbocycles. The number of ether oxygens (including phenoxy) is 1. The summed E-state index contributed by atoms with van der Waals surface area (Å²) in [6, 6.07) is 12.1. The van der Waals surface area contributed by atoms with E-state index in [1.165, 1.54) is 5.56 Å². The number of aromatic amines is 1. The van der Waals surface area contributed by atoms with Crippen molar-refractivity contribution in [2.24, 2.45) is 5.73 Å². The van der Waals surface area contributed by atoms with E-state index in [4.69, 9.17) is 10.5 Å². The molecule has 0 bridgehead atoms. The first-order chi connectivity index (χ1) is 9.20. The molecule has 4 heteroatoms. The predicted octanol–water partition coefficient (Wildman–Crippen LogP) is 2.54. The minimum absolute atomic E-state index is 0.181. The minimum Gasteiger partial charge on any atom is -0.439 e. The van der Waals surface area contributed by atoms with Crippen LogP contribution in [0.3, 0.4) is 0 Å². The second-order valence-corrected chi connectivity index (χ2v) is 4.59. The fraction of sp³-hybridized carbons (Fsp3) is 0.133. The molecule has 0 radical (unpaired) electrons. The van der Waals surface area contributed by atoms with Gasteiger partial charge in [0, 0.05) is 6.20 Å². The normalized spacial score (nSPS) is 17.6. The van der Waals surface area contributed by atoms with Crippen LogP contribution in [0.2, 0.25) is 0 Å². The van der Waals surface area contributed by atoms with Gasteiger partial charge < -0.3 is 15.5 Å². The van der Waals surface area contributed by atoms with E-state index in [1.54, 1.807) is 6.20 Å². The summed E-state index contributed by atoms with van der Waals surface area (Å²) in [5.74, 6) is 0.673. The quantitative estimate of drug-likeness (QED) is 0.817. The van der Waals surface area contributed by atoms with Crippen LogP contribution in [-0.2, 0) is 0 Å². The number of rotatable bonds is 1. The highest BCUT2D eigenvalue weighted by atomic mass is 16.5. The number of aryl methyl sites for hydroxylation is 1. The number of hydrogen-bond acceptors (Lipinski definition) is 3. The number of nitrogens with one attached hydrogen (secondary N) is 1. The molecule has 0 fully saturated rings. The highest BCUT2D eigenvalue weighted by molar-refractivity contribution is 5.53. The molecule has 1 aromatic carbocycles. The van der Waals surface area contributed by atoms with Gasteiger partial charge in [-0.1, -0.05) is 29.8 Å². The van der Waals surface area contributed by atoms with Crippen molar-refractivity contribution < 1.29 is 4.74 Å². The zero-order valence-electron chi connectivity index (χ0n) is 10.5. The Bertz CT molecular complexity index is 689. The van der Waals surface area contributed by atoms with Gasteiger partial charge in [-0.25, -0.2) is 0 Å². The minimum atomic E-state index is -0.190. The van der Waals surface area contributed by atoms with Gasteiger partial charge in [0.05, 0.1) is 11.6 Å². The molecule has 1 unspecified atom stereocenters. The number of hydrogen-bond donors (Lipinski definition) is 2.